The van der Waals surface area contributed by atoms with Crippen LogP contribution in [0.25, 0.3) is 0 Å². The molecular formula is C11H12N4O3. The number of amides is 1. The zero-order valence-electron chi connectivity index (χ0n) is 9.45. The molecule has 7 heteroatoms. The second-order valence-corrected chi connectivity index (χ2v) is 3.62. The molecule has 0 bridgehead atoms. The number of hydrogen-bond donors (Lipinski definition) is 3. The van der Waals surface area contributed by atoms with E-state index in [1.807, 2.05) is 0 Å². The molecule has 0 aliphatic rings. The largest absolute Gasteiger partial charge is 0.508 e. The fourth-order valence-corrected chi connectivity index (χ4v) is 1.44. The van der Waals surface area contributed by atoms with Crippen LogP contribution in [0.4, 0.5) is 0 Å². The lowest BCUT2D eigenvalue weighted by Gasteiger charge is -2.06. The van der Waals surface area contributed by atoms with Crippen LogP contribution in [0.2, 0.25) is 0 Å². The standard InChI is InChI=1S/C11H12N4O3/c16-8-1-2-9(10(17)7-8)11(18)12-3-5-15-6-4-13-14-15/h1-2,4,6-7,16-17H,3,5H2,(H,12,18). The molecule has 7 nitrogen and oxygen atoms in total. The molecular weight excluding hydrogens is 236 g/mol. The first-order valence-electron chi connectivity index (χ1n) is 5.31. The van der Waals surface area contributed by atoms with Gasteiger partial charge in [-0.05, 0) is 12.1 Å². The quantitative estimate of drug-likeness (QED) is 0.713. The summed E-state index contributed by atoms with van der Waals surface area (Å²) in [7, 11) is 0. The summed E-state index contributed by atoms with van der Waals surface area (Å²) in [4.78, 5) is 11.7. The first kappa shape index (κ1) is 11.9. The fourth-order valence-electron chi connectivity index (χ4n) is 1.44. The normalized spacial score (nSPS) is 10.2. The lowest BCUT2D eigenvalue weighted by molar-refractivity contribution is 0.0949. The van der Waals surface area contributed by atoms with Crippen LogP contribution >= 0.6 is 0 Å². The van der Waals surface area contributed by atoms with Gasteiger partial charge < -0.3 is 15.5 Å². The van der Waals surface area contributed by atoms with Crippen LogP contribution in [0.3, 0.4) is 0 Å². The third kappa shape index (κ3) is 2.76. The van der Waals surface area contributed by atoms with Crippen molar-refractivity contribution in [1.82, 2.24) is 20.3 Å². The van der Waals surface area contributed by atoms with Gasteiger partial charge >= 0.3 is 0 Å². The van der Waals surface area contributed by atoms with E-state index in [0.717, 1.165) is 6.07 Å². The van der Waals surface area contributed by atoms with E-state index < -0.39 is 5.91 Å². The molecule has 0 aliphatic heterocycles. The molecule has 0 spiro atoms. The zero-order valence-corrected chi connectivity index (χ0v) is 9.45. The Morgan fingerprint density at radius 1 is 1.39 bits per heavy atom. The molecule has 0 saturated carbocycles. The highest BCUT2D eigenvalue weighted by molar-refractivity contribution is 5.96. The molecule has 0 unspecified atom stereocenters. The number of carbonyl (C=O) groups is 1. The van der Waals surface area contributed by atoms with Crippen molar-refractivity contribution < 1.29 is 15.0 Å². The van der Waals surface area contributed by atoms with Crippen LogP contribution in [-0.2, 0) is 6.54 Å². The van der Waals surface area contributed by atoms with Crippen molar-refractivity contribution in [1.29, 1.82) is 0 Å². The van der Waals surface area contributed by atoms with Gasteiger partial charge in [-0.15, -0.1) is 5.10 Å². The highest BCUT2D eigenvalue weighted by Crippen LogP contribution is 2.22. The van der Waals surface area contributed by atoms with Crippen molar-refractivity contribution in [3.8, 4) is 11.5 Å². The summed E-state index contributed by atoms with van der Waals surface area (Å²) >= 11 is 0. The van der Waals surface area contributed by atoms with E-state index in [-0.39, 0.29) is 17.1 Å². The molecule has 1 aromatic heterocycles. The summed E-state index contributed by atoms with van der Waals surface area (Å²) < 4.78 is 1.58. The molecule has 94 valence electrons. The number of phenols is 2. The average Bonchev–Trinajstić information content (AvgIpc) is 2.81. The number of hydrogen-bond acceptors (Lipinski definition) is 5. The zero-order chi connectivity index (χ0) is 13.0. The van der Waals surface area contributed by atoms with Crippen LogP contribution in [-0.4, -0.2) is 37.7 Å². The van der Waals surface area contributed by atoms with Crippen molar-refractivity contribution in [2.45, 2.75) is 6.54 Å². The lowest BCUT2D eigenvalue weighted by atomic mass is 10.2. The minimum Gasteiger partial charge on any atom is -0.508 e. The van der Waals surface area contributed by atoms with Crippen LogP contribution in [0.5, 0.6) is 11.5 Å². The molecule has 1 amide bonds. The van der Waals surface area contributed by atoms with E-state index in [9.17, 15) is 9.90 Å². The molecule has 2 aromatic rings. The van der Waals surface area contributed by atoms with Gasteiger partial charge in [0, 0.05) is 18.8 Å². The van der Waals surface area contributed by atoms with Crippen LogP contribution in [0, 0.1) is 0 Å². The van der Waals surface area contributed by atoms with E-state index in [1.165, 1.54) is 12.1 Å². The van der Waals surface area contributed by atoms with Crippen LogP contribution in [0.1, 0.15) is 10.4 Å². The molecule has 0 fully saturated rings. The molecule has 0 saturated heterocycles. The average molecular weight is 248 g/mol. The maximum absolute atomic E-state index is 11.7. The third-order valence-electron chi connectivity index (χ3n) is 2.32. The lowest BCUT2D eigenvalue weighted by Crippen LogP contribution is -2.27. The Hall–Kier alpha value is -2.57. The fraction of sp³-hybridized carbons (Fsp3) is 0.182. The molecule has 1 heterocycles. The molecule has 2 rings (SSSR count). The predicted molar refractivity (Wildman–Crippen MR) is 62.1 cm³/mol. The number of rotatable bonds is 4. The third-order valence-corrected chi connectivity index (χ3v) is 2.32. The summed E-state index contributed by atoms with van der Waals surface area (Å²) in [5.41, 5.74) is 0.117. The summed E-state index contributed by atoms with van der Waals surface area (Å²) in [5.74, 6) is -0.757. The maximum atomic E-state index is 11.7. The molecule has 1 aromatic carbocycles. The minimum atomic E-state index is -0.410. The van der Waals surface area contributed by atoms with Gasteiger partial charge in [-0.3, -0.25) is 9.48 Å². The SMILES string of the molecule is O=C(NCCn1ccnn1)c1ccc(O)cc1O. The Bertz CT molecular complexity index is 539. The Morgan fingerprint density at radius 2 is 2.22 bits per heavy atom. The summed E-state index contributed by atoms with van der Waals surface area (Å²) in [6.07, 6.45) is 3.23. The van der Waals surface area contributed by atoms with Gasteiger partial charge in [0.05, 0.1) is 18.3 Å². The van der Waals surface area contributed by atoms with Crippen molar-refractivity contribution in [2.75, 3.05) is 6.54 Å². The van der Waals surface area contributed by atoms with Gasteiger partial charge in [-0.1, -0.05) is 5.21 Å². The van der Waals surface area contributed by atoms with Gasteiger partial charge in [0.2, 0.25) is 0 Å². The number of benzene rings is 1. The number of carbonyl (C=O) groups excluding carboxylic acids is 1. The van der Waals surface area contributed by atoms with Gasteiger partial charge in [-0.2, -0.15) is 0 Å². The monoisotopic (exact) mass is 248 g/mol. The first-order chi connectivity index (χ1) is 8.66. The number of nitrogens with one attached hydrogen (secondary N) is 1. The van der Waals surface area contributed by atoms with E-state index in [4.69, 9.17) is 5.11 Å². The van der Waals surface area contributed by atoms with Crippen LogP contribution in [0.15, 0.2) is 30.6 Å². The molecule has 0 atom stereocenters. The highest BCUT2D eigenvalue weighted by Gasteiger charge is 2.10. The van der Waals surface area contributed by atoms with E-state index >= 15 is 0 Å². The van der Waals surface area contributed by atoms with Crippen molar-refractivity contribution in [2.24, 2.45) is 0 Å². The van der Waals surface area contributed by atoms with Crippen molar-refractivity contribution in [3.05, 3.63) is 36.2 Å². The summed E-state index contributed by atoms with van der Waals surface area (Å²) in [5, 5.41) is 28.6. The van der Waals surface area contributed by atoms with Gasteiger partial charge in [0.1, 0.15) is 11.5 Å². The second-order valence-electron chi connectivity index (χ2n) is 3.62. The Labute approximate surface area is 103 Å². The van der Waals surface area contributed by atoms with Crippen molar-refractivity contribution in [3.63, 3.8) is 0 Å². The second kappa shape index (κ2) is 5.17. The van der Waals surface area contributed by atoms with Gasteiger partial charge in [0.15, 0.2) is 0 Å². The van der Waals surface area contributed by atoms with E-state index in [0.29, 0.717) is 13.1 Å². The van der Waals surface area contributed by atoms with E-state index in [1.54, 1.807) is 17.1 Å². The Morgan fingerprint density at radius 3 is 2.89 bits per heavy atom. The number of aromatic hydroxyl groups is 2. The smallest absolute Gasteiger partial charge is 0.255 e. The number of phenolic OH excluding ortho intramolecular Hbond substituents is 2. The Balaban J connectivity index is 1.91. The Kier molecular flexibility index (Phi) is 3.42. The molecule has 18 heavy (non-hydrogen) atoms. The molecule has 0 aliphatic carbocycles. The van der Waals surface area contributed by atoms with E-state index in [2.05, 4.69) is 15.6 Å². The van der Waals surface area contributed by atoms with Gasteiger partial charge in [0.25, 0.3) is 5.91 Å². The summed E-state index contributed by atoms with van der Waals surface area (Å²) in [6, 6.07) is 3.81. The minimum absolute atomic E-state index is 0.0911. The molecule has 0 radical (unpaired) electrons. The topological polar surface area (TPSA) is 100 Å². The van der Waals surface area contributed by atoms with Crippen molar-refractivity contribution >= 4 is 5.91 Å². The first-order valence-corrected chi connectivity index (χ1v) is 5.31. The highest BCUT2D eigenvalue weighted by atomic mass is 16.3. The summed E-state index contributed by atoms with van der Waals surface area (Å²) in [6.45, 7) is 0.854. The van der Waals surface area contributed by atoms with Crippen LogP contribution < -0.4 is 5.32 Å². The molecule has 3 N–H and O–H groups in total. The number of aromatic nitrogens is 3. The number of nitrogens with zero attached hydrogens (tertiary/aromatic N) is 3. The maximum Gasteiger partial charge on any atom is 0.255 e. The predicted octanol–water partition coefficient (Wildman–Crippen LogP) is 0.119. The van der Waals surface area contributed by atoms with Gasteiger partial charge in [-0.25, -0.2) is 0 Å².